The van der Waals surface area contributed by atoms with Crippen LogP contribution in [0.4, 0.5) is 11.5 Å². The molecule has 98 valence electrons. The Morgan fingerprint density at radius 1 is 1.37 bits per heavy atom. The molecule has 1 aromatic heterocycles. The van der Waals surface area contributed by atoms with Gasteiger partial charge in [-0.15, -0.1) is 0 Å². The molecule has 0 bridgehead atoms. The molecule has 2 aromatic rings. The summed E-state index contributed by atoms with van der Waals surface area (Å²) >= 11 is 0. The number of pyridine rings is 1. The lowest BCUT2D eigenvalue weighted by molar-refractivity contribution is -0.384. The second-order valence-corrected chi connectivity index (χ2v) is 3.82. The number of benzene rings is 1. The van der Waals surface area contributed by atoms with E-state index in [0.29, 0.717) is 17.9 Å². The molecule has 1 aromatic carbocycles. The van der Waals surface area contributed by atoms with Crippen LogP contribution < -0.4 is 10.5 Å². The zero-order chi connectivity index (χ0) is 13.8. The summed E-state index contributed by atoms with van der Waals surface area (Å²) in [4.78, 5) is 14.6. The monoisotopic (exact) mass is 259 g/mol. The van der Waals surface area contributed by atoms with E-state index in [1.54, 1.807) is 24.3 Å². The van der Waals surface area contributed by atoms with Gasteiger partial charge >= 0.3 is 0 Å². The van der Waals surface area contributed by atoms with Crippen molar-refractivity contribution in [3.8, 4) is 17.0 Å². The molecule has 1 heterocycles. The number of nitrogens with zero attached hydrogens (tertiary/aromatic N) is 2. The van der Waals surface area contributed by atoms with Gasteiger partial charge in [0.15, 0.2) is 5.69 Å². The van der Waals surface area contributed by atoms with Gasteiger partial charge in [0, 0.05) is 11.6 Å². The van der Waals surface area contributed by atoms with Crippen LogP contribution in [-0.4, -0.2) is 16.5 Å². The summed E-state index contributed by atoms with van der Waals surface area (Å²) in [6, 6.07) is 9.74. The number of nitrogens with two attached hydrogens (primary N) is 1. The average molecular weight is 259 g/mol. The van der Waals surface area contributed by atoms with Crippen molar-refractivity contribution < 1.29 is 9.66 Å². The van der Waals surface area contributed by atoms with Crippen molar-refractivity contribution in [3.63, 3.8) is 0 Å². The lowest BCUT2D eigenvalue weighted by Gasteiger charge is -2.06. The van der Waals surface area contributed by atoms with Crippen LogP contribution in [0.3, 0.4) is 0 Å². The Labute approximate surface area is 110 Å². The maximum absolute atomic E-state index is 11.0. The van der Waals surface area contributed by atoms with E-state index >= 15 is 0 Å². The van der Waals surface area contributed by atoms with E-state index in [4.69, 9.17) is 10.5 Å². The second kappa shape index (κ2) is 5.34. The quantitative estimate of drug-likeness (QED) is 0.673. The number of nitrogen functional groups attached to an aromatic ring is 1. The number of anilines is 1. The highest BCUT2D eigenvalue weighted by Crippen LogP contribution is 2.30. The average Bonchev–Trinajstić information content (AvgIpc) is 2.39. The van der Waals surface area contributed by atoms with E-state index in [1.807, 2.05) is 6.92 Å². The number of nitro groups is 1. The van der Waals surface area contributed by atoms with E-state index in [-0.39, 0.29) is 17.2 Å². The molecule has 6 heteroatoms. The van der Waals surface area contributed by atoms with Crippen LogP contribution >= 0.6 is 0 Å². The van der Waals surface area contributed by atoms with E-state index in [0.717, 1.165) is 0 Å². The fourth-order valence-electron chi connectivity index (χ4n) is 1.73. The SMILES string of the molecule is CCOc1cccc(-c2nc(N)ccc2[N+](=O)[O-])c1. The van der Waals surface area contributed by atoms with Crippen LogP contribution in [-0.2, 0) is 0 Å². The van der Waals surface area contributed by atoms with Crippen molar-refractivity contribution in [3.05, 3.63) is 46.5 Å². The summed E-state index contributed by atoms with van der Waals surface area (Å²) in [5, 5.41) is 11.0. The van der Waals surface area contributed by atoms with Crippen LogP contribution in [0.2, 0.25) is 0 Å². The van der Waals surface area contributed by atoms with Gasteiger partial charge in [-0.1, -0.05) is 12.1 Å². The van der Waals surface area contributed by atoms with Gasteiger partial charge in [-0.3, -0.25) is 10.1 Å². The summed E-state index contributed by atoms with van der Waals surface area (Å²) < 4.78 is 5.37. The molecule has 2 N–H and O–H groups in total. The number of aromatic nitrogens is 1. The minimum absolute atomic E-state index is 0.0807. The Morgan fingerprint density at radius 2 is 2.16 bits per heavy atom. The first kappa shape index (κ1) is 12.8. The summed E-state index contributed by atoms with van der Waals surface area (Å²) in [5.74, 6) is 0.876. The summed E-state index contributed by atoms with van der Waals surface area (Å²) in [7, 11) is 0. The standard InChI is InChI=1S/C13H13N3O3/c1-2-19-10-5-3-4-9(8-10)13-11(16(17)18)6-7-12(14)15-13/h3-8H,2H2,1H3,(H2,14,15). The van der Waals surface area contributed by atoms with E-state index in [1.165, 1.54) is 12.1 Å². The number of ether oxygens (including phenoxy) is 1. The fourth-order valence-corrected chi connectivity index (χ4v) is 1.73. The highest BCUT2D eigenvalue weighted by molar-refractivity contribution is 5.72. The molecule has 19 heavy (non-hydrogen) atoms. The molecule has 0 fully saturated rings. The molecule has 0 radical (unpaired) electrons. The molecule has 0 spiro atoms. The van der Waals surface area contributed by atoms with Gasteiger partial charge in [0.2, 0.25) is 0 Å². The summed E-state index contributed by atoms with van der Waals surface area (Å²) in [6.45, 7) is 2.39. The van der Waals surface area contributed by atoms with Gasteiger partial charge in [-0.25, -0.2) is 4.98 Å². The lowest BCUT2D eigenvalue weighted by atomic mass is 10.1. The topological polar surface area (TPSA) is 91.3 Å². The van der Waals surface area contributed by atoms with Gasteiger partial charge < -0.3 is 10.5 Å². The van der Waals surface area contributed by atoms with Gasteiger partial charge in [0.25, 0.3) is 5.69 Å². The Balaban J connectivity index is 2.54. The van der Waals surface area contributed by atoms with E-state index < -0.39 is 4.92 Å². The van der Waals surface area contributed by atoms with Gasteiger partial charge in [-0.2, -0.15) is 0 Å². The van der Waals surface area contributed by atoms with Crippen LogP contribution in [0, 0.1) is 10.1 Å². The van der Waals surface area contributed by atoms with Gasteiger partial charge in [0.05, 0.1) is 11.5 Å². The normalized spacial score (nSPS) is 10.2. The summed E-state index contributed by atoms with van der Waals surface area (Å²) in [5.41, 5.74) is 6.36. The smallest absolute Gasteiger partial charge is 0.295 e. The second-order valence-electron chi connectivity index (χ2n) is 3.82. The zero-order valence-corrected chi connectivity index (χ0v) is 10.4. The molecule has 0 saturated carbocycles. The van der Waals surface area contributed by atoms with Crippen molar-refractivity contribution in [2.75, 3.05) is 12.3 Å². The molecule has 6 nitrogen and oxygen atoms in total. The molecule has 0 atom stereocenters. The number of hydrogen-bond acceptors (Lipinski definition) is 5. The van der Waals surface area contributed by atoms with Gasteiger partial charge in [-0.05, 0) is 25.1 Å². The Bertz CT molecular complexity index is 614. The first-order valence-corrected chi connectivity index (χ1v) is 5.76. The van der Waals surface area contributed by atoms with Crippen LogP contribution in [0.15, 0.2) is 36.4 Å². The van der Waals surface area contributed by atoms with Crippen molar-refractivity contribution >= 4 is 11.5 Å². The third-order valence-electron chi connectivity index (χ3n) is 2.51. The van der Waals surface area contributed by atoms with Crippen molar-refractivity contribution in [2.45, 2.75) is 6.92 Å². The Morgan fingerprint density at radius 3 is 2.84 bits per heavy atom. The number of rotatable bonds is 4. The fraction of sp³-hybridized carbons (Fsp3) is 0.154. The first-order valence-electron chi connectivity index (χ1n) is 5.76. The molecule has 2 rings (SSSR count). The summed E-state index contributed by atoms with van der Waals surface area (Å²) in [6.07, 6.45) is 0. The van der Waals surface area contributed by atoms with Crippen LogP contribution in [0.5, 0.6) is 5.75 Å². The first-order chi connectivity index (χ1) is 9.11. The Kier molecular flexibility index (Phi) is 3.61. The minimum Gasteiger partial charge on any atom is -0.494 e. The highest BCUT2D eigenvalue weighted by atomic mass is 16.6. The largest absolute Gasteiger partial charge is 0.494 e. The third-order valence-corrected chi connectivity index (χ3v) is 2.51. The molecule has 0 amide bonds. The van der Waals surface area contributed by atoms with E-state index in [2.05, 4.69) is 4.98 Å². The third kappa shape index (κ3) is 2.79. The van der Waals surface area contributed by atoms with Gasteiger partial charge in [0.1, 0.15) is 11.6 Å². The van der Waals surface area contributed by atoms with Crippen molar-refractivity contribution in [1.29, 1.82) is 0 Å². The molecule has 0 aliphatic rings. The van der Waals surface area contributed by atoms with E-state index in [9.17, 15) is 10.1 Å². The molecular weight excluding hydrogens is 246 g/mol. The highest BCUT2D eigenvalue weighted by Gasteiger charge is 2.17. The molecule has 0 aliphatic heterocycles. The Hall–Kier alpha value is -2.63. The molecule has 0 aliphatic carbocycles. The maximum atomic E-state index is 11.0. The predicted molar refractivity (Wildman–Crippen MR) is 71.9 cm³/mol. The molecule has 0 saturated heterocycles. The maximum Gasteiger partial charge on any atom is 0.295 e. The van der Waals surface area contributed by atoms with Crippen LogP contribution in [0.25, 0.3) is 11.3 Å². The predicted octanol–water partition coefficient (Wildman–Crippen LogP) is 2.64. The number of hydrogen-bond donors (Lipinski definition) is 1. The molecule has 0 unspecified atom stereocenters. The zero-order valence-electron chi connectivity index (χ0n) is 10.4. The van der Waals surface area contributed by atoms with Crippen LogP contribution in [0.1, 0.15) is 6.92 Å². The van der Waals surface area contributed by atoms with Crippen molar-refractivity contribution in [1.82, 2.24) is 4.98 Å². The lowest BCUT2D eigenvalue weighted by Crippen LogP contribution is -1.99. The molecular formula is C13H13N3O3. The minimum atomic E-state index is -0.477. The van der Waals surface area contributed by atoms with Crippen molar-refractivity contribution in [2.24, 2.45) is 0 Å².